The summed E-state index contributed by atoms with van der Waals surface area (Å²) < 4.78 is 5.31. The second kappa shape index (κ2) is 10.1. The van der Waals surface area contributed by atoms with E-state index in [1.54, 1.807) is 12.1 Å². The summed E-state index contributed by atoms with van der Waals surface area (Å²) in [6.07, 6.45) is 1.45. The molecular weight excluding hydrogens is 474 g/mol. The summed E-state index contributed by atoms with van der Waals surface area (Å²) in [7, 11) is 1.53. The lowest BCUT2D eigenvalue weighted by Crippen LogP contribution is -2.34. The van der Waals surface area contributed by atoms with Gasteiger partial charge >= 0.3 is 5.97 Å². The summed E-state index contributed by atoms with van der Waals surface area (Å²) in [4.78, 5) is 12.3. The van der Waals surface area contributed by atoms with Crippen LogP contribution in [0.5, 0.6) is 5.75 Å². The molecule has 0 fully saturated rings. The standard InChI is InChI=1S/C32H31N3O3/c1-20-8-11-25(26-12-10-24(38-2)16-27(26)31(36)37)23(14-20)18-32(17-21-6-4-3-5-7-21)19-35-29-13-9-22(30(33)34)15-28(29)32/h3-16,35H,17-19H2,1-2H3,(H3,33,34)(H,36,37). The fourth-order valence-corrected chi connectivity index (χ4v) is 5.59. The van der Waals surface area contributed by atoms with Crippen molar-refractivity contribution in [3.63, 3.8) is 0 Å². The third-order valence-electron chi connectivity index (χ3n) is 7.44. The zero-order valence-corrected chi connectivity index (χ0v) is 21.5. The quantitative estimate of drug-likeness (QED) is 0.179. The fourth-order valence-electron chi connectivity index (χ4n) is 5.59. The van der Waals surface area contributed by atoms with Gasteiger partial charge in [-0.25, -0.2) is 4.79 Å². The number of hydrogen-bond donors (Lipinski definition) is 4. The Balaban J connectivity index is 1.68. The van der Waals surface area contributed by atoms with Crippen LogP contribution < -0.4 is 15.8 Å². The number of aromatic carboxylic acids is 1. The van der Waals surface area contributed by atoms with Gasteiger partial charge in [-0.15, -0.1) is 0 Å². The number of carboxylic acids is 1. The lowest BCUT2D eigenvalue weighted by atomic mass is 9.71. The van der Waals surface area contributed by atoms with Crippen LogP contribution in [0.4, 0.5) is 5.69 Å². The predicted octanol–water partition coefficient (Wildman–Crippen LogP) is 5.80. The molecule has 38 heavy (non-hydrogen) atoms. The number of hydrogen-bond acceptors (Lipinski definition) is 4. The highest BCUT2D eigenvalue weighted by atomic mass is 16.5. The number of methoxy groups -OCH3 is 1. The Hall–Kier alpha value is -4.58. The molecule has 0 bridgehead atoms. The topological polar surface area (TPSA) is 108 Å². The Kier molecular flexibility index (Phi) is 6.64. The molecule has 0 saturated carbocycles. The number of fused-ring (bicyclic) bond motifs is 1. The highest BCUT2D eigenvalue weighted by Gasteiger charge is 2.40. The molecule has 1 aliphatic heterocycles. The van der Waals surface area contributed by atoms with E-state index >= 15 is 0 Å². The van der Waals surface area contributed by atoms with Gasteiger partial charge in [0.25, 0.3) is 0 Å². The zero-order chi connectivity index (χ0) is 26.9. The molecule has 6 heteroatoms. The van der Waals surface area contributed by atoms with Crippen molar-refractivity contribution in [1.29, 1.82) is 5.41 Å². The minimum absolute atomic E-state index is 0.0360. The number of aryl methyl sites for hydroxylation is 1. The SMILES string of the molecule is COc1ccc(-c2ccc(C)cc2CC2(Cc3ccccc3)CNc3ccc(C(=N)N)cc32)c(C(=O)O)c1. The minimum atomic E-state index is -0.997. The summed E-state index contributed by atoms with van der Waals surface area (Å²) in [6, 6.07) is 27.7. The number of amidine groups is 1. The van der Waals surface area contributed by atoms with Gasteiger partial charge in [0.05, 0.1) is 12.7 Å². The minimum Gasteiger partial charge on any atom is -0.497 e. The number of carbonyl (C=O) groups is 1. The van der Waals surface area contributed by atoms with Crippen LogP contribution >= 0.6 is 0 Å². The van der Waals surface area contributed by atoms with Gasteiger partial charge in [-0.1, -0.05) is 54.1 Å². The van der Waals surface area contributed by atoms with Gasteiger partial charge in [0.15, 0.2) is 0 Å². The Bertz CT molecular complexity index is 1530. The Morgan fingerprint density at radius 2 is 1.76 bits per heavy atom. The third-order valence-corrected chi connectivity index (χ3v) is 7.44. The summed E-state index contributed by atoms with van der Waals surface area (Å²) in [5.41, 5.74) is 13.5. The monoisotopic (exact) mass is 505 g/mol. The first-order chi connectivity index (χ1) is 18.3. The maximum atomic E-state index is 12.3. The van der Waals surface area contributed by atoms with E-state index < -0.39 is 5.97 Å². The van der Waals surface area contributed by atoms with Gasteiger partial charge in [0.2, 0.25) is 0 Å². The summed E-state index contributed by atoms with van der Waals surface area (Å²) in [5.74, 6) is -0.455. The van der Waals surface area contributed by atoms with E-state index in [4.69, 9.17) is 15.9 Å². The lowest BCUT2D eigenvalue weighted by molar-refractivity contribution is 0.0697. The van der Waals surface area contributed by atoms with Crippen LogP contribution in [0, 0.1) is 12.3 Å². The maximum Gasteiger partial charge on any atom is 0.336 e. The molecular formula is C32H31N3O3. The summed E-state index contributed by atoms with van der Waals surface area (Å²) >= 11 is 0. The van der Waals surface area contributed by atoms with Gasteiger partial charge in [-0.2, -0.15) is 0 Å². The molecule has 0 aromatic heterocycles. The number of rotatable bonds is 8. The second-order valence-electron chi connectivity index (χ2n) is 10.0. The van der Waals surface area contributed by atoms with Crippen molar-refractivity contribution in [2.45, 2.75) is 25.2 Å². The fraction of sp³-hybridized carbons (Fsp3) is 0.188. The van der Waals surface area contributed by atoms with Crippen LogP contribution in [0.3, 0.4) is 0 Å². The first-order valence-electron chi connectivity index (χ1n) is 12.6. The second-order valence-corrected chi connectivity index (χ2v) is 10.0. The first kappa shape index (κ1) is 25.1. The molecule has 192 valence electrons. The van der Waals surface area contributed by atoms with Crippen molar-refractivity contribution < 1.29 is 14.6 Å². The van der Waals surface area contributed by atoms with Gasteiger partial charge in [0.1, 0.15) is 11.6 Å². The molecule has 0 aliphatic carbocycles. The van der Waals surface area contributed by atoms with E-state index in [2.05, 4.69) is 30.4 Å². The average molecular weight is 506 g/mol. The third kappa shape index (κ3) is 4.73. The number of ether oxygens (including phenoxy) is 1. The van der Waals surface area contributed by atoms with Crippen molar-refractivity contribution in [2.24, 2.45) is 5.73 Å². The van der Waals surface area contributed by atoms with E-state index in [1.165, 1.54) is 12.7 Å². The number of nitrogens with one attached hydrogen (secondary N) is 2. The van der Waals surface area contributed by atoms with Crippen LogP contribution in [0.25, 0.3) is 11.1 Å². The van der Waals surface area contributed by atoms with Crippen LogP contribution in [-0.2, 0) is 18.3 Å². The van der Waals surface area contributed by atoms with Gasteiger partial charge < -0.3 is 20.9 Å². The lowest BCUT2D eigenvalue weighted by Gasteiger charge is -2.31. The molecule has 4 aromatic rings. The molecule has 0 amide bonds. The van der Waals surface area contributed by atoms with Crippen LogP contribution in [0.15, 0.2) is 84.9 Å². The van der Waals surface area contributed by atoms with Crippen molar-refractivity contribution in [3.8, 4) is 16.9 Å². The van der Waals surface area contributed by atoms with Crippen molar-refractivity contribution in [3.05, 3.63) is 118 Å². The number of nitrogen functional groups attached to an aromatic ring is 1. The number of benzene rings is 4. The number of nitrogens with two attached hydrogens (primary N) is 1. The average Bonchev–Trinajstić information content (AvgIpc) is 3.26. The van der Waals surface area contributed by atoms with Gasteiger partial charge in [0, 0.05) is 23.2 Å². The van der Waals surface area contributed by atoms with E-state index in [9.17, 15) is 9.90 Å². The molecule has 6 nitrogen and oxygen atoms in total. The van der Waals surface area contributed by atoms with E-state index in [1.807, 2.05) is 54.6 Å². The van der Waals surface area contributed by atoms with Crippen LogP contribution in [-0.4, -0.2) is 30.6 Å². The highest BCUT2D eigenvalue weighted by molar-refractivity contribution is 5.97. The van der Waals surface area contributed by atoms with Crippen molar-refractivity contribution in [2.75, 3.05) is 19.0 Å². The molecule has 0 spiro atoms. The Morgan fingerprint density at radius 3 is 2.47 bits per heavy atom. The molecule has 1 atom stereocenters. The molecule has 1 unspecified atom stereocenters. The van der Waals surface area contributed by atoms with Crippen molar-refractivity contribution in [1.82, 2.24) is 0 Å². The first-order valence-corrected chi connectivity index (χ1v) is 12.6. The van der Waals surface area contributed by atoms with Crippen LogP contribution in [0.2, 0.25) is 0 Å². The van der Waals surface area contributed by atoms with Gasteiger partial charge in [-0.05, 0) is 84.0 Å². The molecule has 0 saturated heterocycles. The molecule has 5 N–H and O–H groups in total. The summed E-state index contributed by atoms with van der Waals surface area (Å²) in [5, 5.41) is 21.7. The molecule has 4 aromatic carbocycles. The predicted molar refractivity (Wildman–Crippen MR) is 152 cm³/mol. The van der Waals surface area contributed by atoms with Gasteiger partial charge in [-0.3, -0.25) is 5.41 Å². The van der Waals surface area contributed by atoms with E-state index in [0.717, 1.165) is 34.4 Å². The molecule has 1 heterocycles. The van der Waals surface area contributed by atoms with E-state index in [0.29, 0.717) is 29.8 Å². The normalized spacial score (nSPS) is 15.9. The van der Waals surface area contributed by atoms with Crippen LogP contribution in [0.1, 0.15) is 38.2 Å². The highest BCUT2D eigenvalue weighted by Crippen LogP contribution is 2.44. The van der Waals surface area contributed by atoms with E-state index in [-0.39, 0.29) is 16.8 Å². The molecule has 0 radical (unpaired) electrons. The maximum absolute atomic E-state index is 12.3. The number of carboxylic acid groups (broad SMARTS) is 1. The molecule has 5 rings (SSSR count). The zero-order valence-electron chi connectivity index (χ0n) is 21.5. The molecule has 1 aliphatic rings. The van der Waals surface area contributed by atoms with Crippen molar-refractivity contribution >= 4 is 17.5 Å². The largest absolute Gasteiger partial charge is 0.497 e. The summed E-state index contributed by atoms with van der Waals surface area (Å²) in [6.45, 7) is 2.76. The number of anilines is 1. The Morgan fingerprint density at radius 1 is 1.00 bits per heavy atom. The Labute approximate surface area is 222 Å². The smallest absolute Gasteiger partial charge is 0.336 e.